The molecule has 2 rings (SSSR count). The Morgan fingerprint density at radius 3 is 2.50 bits per heavy atom. The fourth-order valence-electron chi connectivity index (χ4n) is 2.67. The molecule has 0 amide bonds. The van der Waals surface area contributed by atoms with Crippen LogP contribution in [-0.4, -0.2) is 25.2 Å². The highest BCUT2D eigenvalue weighted by atomic mass is 15.1. The maximum Gasteiger partial charge on any atom is 0.0229 e. The average molecular weight is 168 g/mol. The number of piperazine rings is 1. The van der Waals surface area contributed by atoms with Gasteiger partial charge in [-0.05, 0) is 17.8 Å². The molecule has 3 unspecified atom stereocenters. The van der Waals surface area contributed by atoms with Crippen molar-refractivity contribution in [3.05, 3.63) is 0 Å². The maximum atomic E-state index is 3.68. The van der Waals surface area contributed by atoms with Crippen molar-refractivity contribution in [1.29, 1.82) is 0 Å². The van der Waals surface area contributed by atoms with Gasteiger partial charge < -0.3 is 10.6 Å². The molecule has 2 aliphatic heterocycles. The topological polar surface area (TPSA) is 24.1 Å². The minimum absolute atomic E-state index is 0.471. The summed E-state index contributed by atoms with van der Waals surface area (Å²) in [6, 6.07) is 1.47. The summed E-state index contributed by atoms with van der Waals surface area (Å²) in [5.74, 6) is 0.859. The van der Waals surface area contributed by atoms with Gasteiger partial charge in [0.2, 0.25) is 0 Å². The molecule has 2 nitrogen and oxygen atoms in total. The van der Waals surface area contributed by atoms with E-state index >= 15 is 0 Å². The SMILES string of the molecule is CC(C)(C)C1CC2CNCC1N2. The highest BCUT2D eigenvalue weighted by Crippen LogP contribution is 2.37. The van der Waals surface area contributed by atoms with E-state index in [4.69, 9.17) is 0 Å². The van der Waals surface area contributed by atoms with Crippen LogP contribution in [0.15, 0.2) is 0 Å². The van der Waals surface area contributed by atoms with E-state index in [1.807, 2.05) is 0 Å². The van der Waals surface area contributed by atoms with Gasteiger partial charge in [0, 0.05) is 25.2 Å². The molecule has 0 aromatic heterocycles. The molecule has 2 aliphatic rings. The molecule has 2 heteroatoms. The van der Waals surface area contributed by atoms with Gasteiger partial charge in [0.05, 0.1) is 0 Å². The van der Waals surface area contributed by atoms with Crippen LogP contribution in [0.3, 0.4) is 0 Å². The summed E-state index contributed by atoms with van der Waals surface area (Å²) in [7, 11) is 0. The molecule has 0 radical (unpaired) electrons. The molecule has 2 saturated heterocycles. The van der Waals surface area contributed by atoms with Crippen LogP contribution in [0.2, 0.25) is 0 Å². The van der Waals surface area contributed by atoms with Crippen LogP contribution in [0.25, 0.3) is 0 Å². The molecule has 12 heavy (non-hydrogen) atoms. The van der Waals surface area contributed by atoms with E-state index in [0.717, 1.165) is 18.0 Å². The summed E-state index contributed by atoms with van der Waals surface area (Å²) in [5.41, 5.74) is 0.471. The monoisotopic (exact) mass is 168 g/mol. The highest BCUT2D eigenvalue weighted by Gasteiger charge is 2.41. The Morgan fingerprint density at radius 1 is 1.17 bits per heavy atom. The molecule has 3 atom stereocenters. The molecule has 0 aliphatic carbocycles. The van der Waals surface area contributed by atoms with Crippen molar-refractivity contribution in [2.75, 3.05) is 13.1 Å². The Bertz CT molecular complexity index is 171. The van der Waals surface area contributed by atoms with Gasteiger partial charge in [-0.1, -0.05) is 20.8 Å². The van der Waals surface area contributed by atoms with Crippen LogP contribution in [0.4, 0.5) is 0 Å². The van der Waals surface area contributed by atoms with Crippen LogP contribution >= 0.6 is 0 Å². The van der Waals surface area contributed by atoms with Crippen LogP contribution in [0, 0.1) is 11.3 Å². The predicted molar refractivity (Wildman–Crippen MR) is 51.1 cm³/mol. The van der Waals surface area contributed by atoms with Crippen LogP contribution in [0.1, 0.15) is 27.2 Å². The van der Waals surface area contributed by atoms with Gasteiger partial charge in [0.25, 0.3) is 0 Å². The van der Waals surface area contributed by atoms with Gasteiger partial charge >= 0.3 is 0 Å². The van der Waals surface area contributed by atoms with E-state index in [1.54, 1.807) is 0 Å². The smallest absolute Gasteiger partial charge is 0.0229 e. The zero-order valence-electron chi connectivity index (χ0n) is 8.35. The summed E-state index contributed by atoms with van der Waals surface area (Å²) in [6.45, 7) is 9.42. The fourth-order valence-corrected chi connectivity index (χ4v) is 2.67. The van der Waals surface area contributed by atoms with Crippen LogP contribution in [-0.2, 0) is 0 Å². The van der Waals surface area contributed by atoms with Gasteiger partial charge in [-0.25, -0.2) is 0 Å². The third-order valence-electron chi connectivity index (χ3n) is 3.34. The van der Waals surface area contributed by atoms with Gasteiger partial charge in [-0.15, -0.1) is 0 Å². The van der Waals surface area contributed by atoms with Crippen LogP contribution in [0.5, 0.6) is 0 Å². The Hall–Kier alpha value is -0.0800. The molecule has 0 saturated carbocycles. The first-order valence-electron chi connectivity index (χ1n) is 5.04. The average Bonchev–Trinajstić information content (AvgIpc) is 2.25. The minimum atomic E-state index is 0.471. The second kappa shape index (κ2) is 2.71. The van der Waals surface area contributed by atoms with E-state index < -0.39 is 0 Å². The van der Waals surface area contributed by atoms with Crippen molar-refractivity contribution in [2.24, 2.45) is 11.3 Å². The lowest BCUT2D eigenvalue weighted by Gasteiger charge is -2.32. The molecule has 2 fully saturated rings. The first-order valence-corrected chi connectivity index (χ1v) is 5.04. The normalized spacial score (nSPS) is 41.8. The Kier molecular flexibility index (Phi) is 1.92. The molecular weight excluding hydrogens is 148 g/mol. The predicted octanol–water partition coefficient (Wildman–Crippen LogP) is 0.982. The van der Waals surface area contributed by atoms with Gasteiger partial charge in [-0.2, -0.15) is 0 Å². The summed E-state index contributed by atoms with van der Waals surface area (Å²) < 4.78 is 0. The molecule has 70 valence electrons. The lowest BCUT2D eigenvalue weighted by molar-refractivity contribution is 0.217. The number of rotatable bonds is 0. The number of hydrogen-bond acceptors (Lipinski definition) is 2. The van der Waals surface area contributed by atoms with E-state index in [0.29, 0.717) is 5.41 Å². The molecule has 0 aromatic rings. The van der Waals surface area contributed by atoms with Crippen molar-refractivity contribution in [3.8, 4) is 0 Å². The van der Waals surface area contributed by atoms with Crippen molar-refractivity contribution in [3.63, 3.8) is 0 Å². The van der Waals surface area contributed by atoms with E-state index in [1.165, 1.54) is 19.5 Å². The second-order valence-corrected chi connectivity index (χ2v) is 5.34. The van der Waals surface area contributed by atoms with E-state index in [-0.39, 0.29) is 0 Å². The highest BCUT2D eigenvalue weighted by molar-refractivity contribution is 5.00. The molecule has 2 bridgehead atoms. The van der Waals surface area contributed by atoms with Crippen LogP contribution < -0.4 is 10.6 Å². The summed E-state index contributed by atoms with van der Waals surface area (Å²) in [4.78, 5) is 0. The molecule has 0 spiro atoms. The fraction of sp³-hybridized carbons (Fsp3) is 1.00. The third-order valence-corrected chi connectivity index (χ3v) is 3.34. The van der Waals surface area contributed by atoms with Gasteiger partial charge in [-0.3, -0.25) is 0 Å². The number of hydrogen-bond donors (Lipinski definition) is 2. The quantitative estimate of drug-likeness (QED) is 0.563. The minimum Gasteiger partial charge on any atom is -0.314 e. The number of nitrogens with one attached hydrogen (secondary N) is 2. The lowest BCUT2D eigenvalue weighted by atomic mass is 9.76. The Morgan fingerprint density at radius 2 is 1.92 bits per heavy atom. The Labute approximate surface area is 75.1 Å². The van der Waals surface area contributed by atoms with Crippen molar-refractivity contribution >= 4 is 0 Å². The molecular formula is C10H20N2. The number of fused-ring (bicyclic) bond motifs is 2. The van der Waals surface area contributed by atoms with Gasteiger partial charge in [0.15, 0.2) is 0 Å². The zero-order chi connectivity index (χ0) is 8.77. The lowest BCUT2D eigenvalue weighted by Crippen LogP contribution is -2.50. The standard InChI is InChI=1S/C10H20N2/c1-10(2,3)8-4-7-5-11-6-9(8)12-7/h7-9,11-12H,4-6H2,1-3H3. The first-order chi connectivity index (χ1) is 5.57. The molecule has 2 heterocycles. The zero-order valence-corrected chi connectivity index (χ0v) is 8.35. The molecule has 2 N–H and O–H groups in total. The third kappa shape index (κ3) is 1.38. The Balaban J connectivity index is 2.09. The summed E-state index contributed by atoms with van der Waals surface area (Å²) >= 11 is 0. The summed E-state index contributed by atoms with van der Waals surface area (Å²) in [5, 5.41) is 7.17. The van der Waals surface area contributed by atoms with Crippen molar-refractivity contribution in [1.82, 2.24) is 10.6 Å². The molecule has 0 aromatic carbocycles. The first kappa shape index (κ1) is 8.52. The second-order valence-electron chi connectivity index (χ2n) is 5.34. The van der Waals surface area contributed by atoms with E-state index in [2.05, 4.69) is 31.4 Å². The largest absolute Gasteiger partial charge is 0.314 e. The van der Waals surface area contributed by atoms with Gasteiger partial charge in [0.1, 0.15) is 0 Å². The van der Waals surface area contributed by atoms with Crippen molar-refractivity contribution < 1.29 is 0 Å². The van der Waals surface area contributed by atoms with E-state index in [9.17, 15) is 0 Å². The van der Waals surface area contributed by atoms with Crippen molar-refractivity contribution in [2.45, 2.75) is 39.3 Å². The summed E-state index contributed by atoms with van der Waals surface area (Å²) in [6.07, 6.45) is 1.36. The maximum absolute atomic E-state index is 3.68.